The van der Waals surface area contributed by atoms with E-state index in [2.05, 4.69) is 243 Å². The molecule has 0 aliphatic rings. The summed E-state index contributed by atoms with van der Waals surface area (Å²) in [4.78, 5) is 14.8. The lowest BCUT2D eigenvalue weighted by Crippen LogP contribution is -1.96. The Morgan fingerprint density at radius 1 is 0.301 bits per heavy atom. The van der Waals surface area contributed by atoms with Gasteiger partial charge in [0.05, 0.1) is 75.5 Å². The summed E-state index contributed by atoms with van der Waals surface area (Å²) < 4.78 is 30.2. The molecule has 0 radical (unpaired) electrons. The molecule has 0 unspecified atom stereocenters. The number of aromatic nitrogens is 7. The van der Waals surface area contributed by atoms with Crippen LogP contribution in [0.3, 0.4) is 0 Å². The van der Waals surface area contributed by atoms with Crippen molar-refractivity contribution in [2.75, 3.05) is 0 Å². The standard InChI is InChI=1S/C31H19N3O.2C25H14N2OS/c1-2-9-20(10-3-1)33-19-32-31-26(33)14-8-15-27(31)34-25-13-6-4-11-21(25)23-17-24-22-12-5-7-16-29(22)35-30(24)18-28(23)34;1-4-10-19-17(8-1)23-20(27(19)25-26-18-9-3-6-12-22(18)29-25)14-13-16-15-7-2-5-11-21(15)28-24(16)23;1-4-10-19-15(7-1)16-13-14-21-23(17-8-2-5-11-20(17)28-21)24(16)27(19)25-26-18-9-3-6-12-22(18)29-25/h1-19H;2*1-14H. The van der Waals surface area contributed by atoms with Crippen LogP contribution in [-0.4, -0.2) is 33.2 Å². The Hall–Kier alpha value is -12.1. The Kier molecular flexibility index (Phi) is 11.2. The molecule has 0 amide bonds. The third kappa shape index (κ3) is 7.83. The zero-order chi connectivity index (χ0) is 60.8. The molecule has 0 fully saturated rings. The van der Waals surface area contributed by atoms with Crippen LogP contribution in [0.2, 0.25) is 0 Å². The number of imidazole rings is 1. The first-order chi connectivity index (χ1) is 46.1. The quantitative estimate of drug-likeness (QED) is 0.174. The summed E-state index contributed by atoms with van der Waals surface area (Å²) >= 11 is 3.44. The van der Waals surface area contributed by atoms with Gasteiger partial charge in [-0.05, 0) is 115 Å². The van der Waals surface area contributed by atoms with Crippen molar-refractivity contribution >= 4 is 185 Å². The van der Waals surface area contributed by atoms with E-state index < -0.39 is 0 Å². The fourth-order valence-corrected chi connectivity index (χ4v) is 16.2. The average Bonchev–Trinajstić information content (AvgIpc) is 1.58. The molecule has 0 spiro atoms. The van der Waals surface area contributed by atoms with Crippen LogP contribution in [0.15, 0.2) is 299 Å². The summed E-state index contributed by atoms with van der Waals surface area (Å²) in [6.45, 7) is 0. The molecule has 22 aromatic rings. The Labute approximate surface area is 535 Å². The first-order valence-electron chi connectivity index (χ1n) is 30.9. The number of benzene rings is 13. The van der Waals surface area contributed by atoms with Gasteiger partial charge in [0.15, 0.2) is 10.3 Å². The maximum atomic E-state index is 6.35. The summed E-state index contributed by atoms with van der Waals surface area (Å²) in [5.74, 6) is 0. The minimum Gasteiger partial charge on any atom is -0.456 e. The molecule has 0 atom stereocenters. The van der Waals surface area contributed by atoms with Gasteiger partial charge in [0, 0.05) is 65.6 Å². The van der Waals surface area contributed by atoms with Gasteiger partial charge in [-0.2, -0.15) is 0 Å². The molecule has 13 aromatic carbocycles. The molecular weight excluding hydrogens is 1180 g/mol. The predicted molar refractivity (Wildman–Crippen MR) is 385 cm³/mol. The SMILES string of the molecule is c1ccc(-n2cnc3c(-n4c5ccccc5c5cc6c(cc54)oc4ccccc46)cccc32)cc1.c1ccc2sc(-n3c4ccccc4c4c5oc6ccccc6c5ccc43)nc2c1.c1ccc2sc(-n3c4ccccc4c4ccc5oc6ccccc6c5c43)nc2c1. The number of hydrogen-bond acceptors (Lipinski definition) is 8. The van der Waals surface area contributed by atoms with E-state index in [1.807, 2.05) is 60.9 Å². The van der Waals surface area contributed by atoms with Crippen LogP contribution >= 0.6 is 22.7 Å². The third-order valence-corrected chi connectivity index (χ3v) is 20.3. The maximum Gasteiger partial charge on any atom is 0.195 e. The van der Waals surface area contributed by atoms with Crippen LogP contribution in [0, 0.1) is 0 Å². The van der Waals surface area contributed by atoms with Crippen LogP contribution in [0.25, 0.3) is 184 Å². The minimum absolute atomic E-state index is 0.893. The highest BCUT2D eigenvalue weighted by Crippen LogP contribution is 2.45. The molecular formula is C81H47N7O3S2. The molecule has 10 nitrogen and oxygen atoms in total. The van der Waals surface area contributed by atoms with Gasteiger partial charge >= 0.3 is 0 Å². The highest BCUT2D eigenvalue weighted by atomic mass is 32.1. The first-order valence-corrected chi connectivity index (χ1v) is 32.5. The van der Waals surface area contributed by atoms with Gasteiger partial charge in [0.25, 0.3) is 0 Å². The van der Waals surface area contributed by atoms with Crippen LogP contribution in [0.4, 0.5) is 0 Å². The fourth-order valence-electron chi connectivity index (χ4n) is 14.3. The first kappa shape index (κ1) is 51.8. The van der Waals surface area contributed by atoms with E-state index in [1.165, 1.54) is 41.8 Å². The summed E-state index contributed by atoms with van der Waals surface area (Å²) in [6.07, 6.45) is 1.91. The number of hydrogen-bond donors (Lipinski definition) is 0. The summed E-state index contributed by atoms with van der Waals surface area (Å²) in [7, 11) is 0. The molecule has 9 aromatic heterocycles. The third-order valence-electron chi connectivity index (χ3n) is 18.3. The van der Waals surface area contributed by atoms with Crippen molar-refractivity contribution in [3.8, 4) is 21.6 Å². The second kappa shape index (κ2) is 20.2. The Morgan fingerprint density at radius 3 is 1.56 bits per heavy atom. The fraction of sp³-hybridized carbons (Fsp3) is 0. The molecule has 12 heteroatoms. The Morgan fingerprint density at radius 2 is 0.839 bits per heavy atom. The molecule has 0 aliphatic heterocycles. The lowest BCUT2D eigenvalue weighted by atomic mass is 10.1. The molecule has 0 saturated heterocycles. The lowest BCUT2D eigenvalue weighted by Gasteiger charge is -2.10. The minimum atomic E-state index is 0.893. The molecule has 0 saturated carbocycles. The monoisotopic (exact) mass is 1230 g/mol. The van der Waals surface area contributed by atoms with Crippen molar-refractivity contribution in [2.45, 2.75) is 0 Å². The number of rotatable bonds is 4. The molecule has 0 bridgehead atoms. The van der Waals surface area contributed by atoms with Crippen LogP contribution in [0.1, 0.15) is 0 Å². The Bertz CT molecular complexity index is 6720. The summed E-state index contributed by atoms with van der Waals surface area (Å²) in [5, 5.41) is 16.0. The highest BCUT2D eigenvalue weighted by Gasteiger charge is 2.24. The molecule has 0 N–H and O–H groups in total. The van der Waals surface area contributed by atoms with E-state index in [-0.39, 0.29) is 0 Å². The lowest BCUT2D eigenvalue weighted by molar-refractivity contribution is 0.669. The number of thiazole rings is 2. The molecule has 9 heterocycles. The van der Waals surface area contributed by atoms with Crippen molar-refractivity contribution in [2.24, 2.45) is 0 Å². The number of furan rings is 3. The van der Waals surface area contributed by atoms with E-state index in [1.54, 1.807) is 22.7 Å². The van der Waals surface area contributed by atoms with Gasteiger partial charge in [-0.3, -0.25) is 13.7 Å². The largest absolute Gasteiger partial charge is 0.456 e. The number of para-hydroxylation sites is 10. The predicted octanol–water partition coefficient (Wildman–Crippen LogP) is 22.6. The summed E-state index contributed by atoms with van der Waals surface area (Å²) in [6, 6.07) is 96.8. The summed E-state index contributed by atoms with van der Waals surface area (Å²) in [5.41, 5.74) is 18.6. The average molecular weight is 1230 g/mol. The van der Waals surface area contributed by atoms with Gasteiger partial charge in [0.2, 0.25) is 0 Å². The van der Waals surface area contributed by atoms with Crippen molar-refractivity contribution in [1.29, 1.82) is 0 Å². The van der Waals surface area contributed by atoms with Gasteiger partial charge in [-0.25, -0.2) is 15.0 Å². The second-order valence-electron chi connectivity index (χ2n) is 23.4. The van der Waals surface area contributed by atoms with Crippen LogP contribution in [0.5, 0.6) is 0 Å². The number of fused-ring (bicyclic) bond motifs is 23. The van der Waals surface area contributed by atoms with Crippen LogP contribution < -0.4 is 0 Å². The van der Waals surface area contributed by atoms with E-state index >= 15 is 0 Å². The van der Waals surface area contributed by atoms with Crippen molar-refractivity contribution < 1.29 is 13.3 Å². The Balaban J connectivity index is 0.0000000970. The zero-order valence-electron chi connectivity index (χ0n) is 49.3. The van der Waals surface area contributed by atoms with E-state index in [0.717, 1.165) is 142 Å². The molecule has 436 valence electrons. The van der Waals surface area contributed by atoms with Crippen molar-refractivity contribution in [1.82, 2.24) is 33.2 Å². The van der Waals surface area contributed by atoms with Gasteiger partial charge < -0.3 is 17.8 Å². The van der Waals surface area contributed by atoms with Crippen LogP contribution in [-0.2, 0) is 0 Å². The molecule has 93 heavy (non-hydrogen) atoms. The van der Waals surface area contributed by atoms with E-state index in [9.17, 15) is 0 Å². The van der Waals surface area contributed by atoms with E-state index in [4.69, 9.17) is 28.2 Å². The topological polar surface area (TPSA) is 97.8 Å². The maximum absolute atomic E-state index is 6.35. The van der Waals surface area contributed by atoms with Gasteiger partial charge in [0.1, 0.15) is 45.3 Å². The van der Waals surface area contributed by atoms with Gasteiger partial charge in [-0.1, -0.05) is 180 Å². The highest BCUT2D eigenvalue weighted by molar-refractivity contribution is 7.21. The van der Waals surface area contributed by atoms with Crippen molar-refractivity contribution in [3.05, 3.63) is 285 Å². The zero-order valence-corrected chi connectivity index (χ0v) is 50.9. The molecule has 22 rings (SSSR count). The smallest absolute Gasteiger partial charge is 0.195 e. The van der Waals surface area contributed by atoms with Gasteiger partial charge in [-0.15, -0.1) is 0 Å². The van der Waals surface area contributed by atoms with Crippen molar-refractivity contribution in [3.63, 3.8) is 0 Å². The number of nitrogens with zero attached hydrogens (tertiary/aromatic N) is 7. The van der Waals surface area contributed by atoms with E-state index in [0.29, 0.717) is 0 Å². The normalized spacial score (nSPS) is 12.1. The molecule has 0 aliphatic carbocycles. The second-order valence-corrected chi connectivity index (χ2v) is 25.4.